The van der Waals surface area contributed by atoms with Gasteiger partial charge in [0.1, 0.15) is 0 Å². The van der Waals surface area contributed by atoms with Crippen molar-refractivity contribution < 1.29 is 13.2 Å². The van der Waals surface area contributed by atoms with Crippen molar-refractivity contribution in [1.29, 1.82) is 0 Å². The highest BCUT2D eigenvalue weighted by atomic mass is 35.5. The summed E-state index contributed by atoms with van der Waals surface area (Å²) in [4.78, 5) is 16.0. The average molecular weight is 595 g/mol. The Morgan fingerprint density at radius 3 is 2.22 bits per heavy atom. The Labute approximate surface area is 233 Å². The Balaban J connectivity index is 1.81. The predicted molar refractivity (Wildman–Crippen MR) is 149 cm³/mol. The Morgan fingerprint density at radius 2 is 1.61 bits per heavy atom. The lowest BCUT2D eigenvalue weighted by Gasteiger charge is -2.33. The largest absolute Gasteiger partial charge is 0.349 e. The first kappa shape index (κ1) is 29.5. The molecule has 1 N–H and O–H groups in total. The summed E-state index contributed by atoms with van der Waals surface area (Å²) in [7, 11) is -3.23. The summed E-state index contributed by atoms with van der Waals surface area (Å²) in [5.41, 5.74) is 0.674. The van der Waals surface area contributed by atoms with Crippen LogP contribution in [0, 0.1) is 0 Å². The summed E-state index contributed by atoms with van der Waals surface area (Å²) in [6.07, 6.45) is 2.48. The highest BCUT2D eigenvalue weighted by molar-refractivity contribution is 7.88. The van der Waals surface area contributed by atoms with Crippen LogP contribution in [0.3, 0.4) is 0 Å². The summed E-state index contributed by atoms with van der Waals surface area (Å²) < 4.78 is 25.5. The van der Waals surface area contributed by atoms with E-state index in [1.54, 1.807) is 24.3 Å². The molecule has 1 aliphatic rings. The van der Waals surface area contributed by atoms with Gasteiger partial charge in [0.25, 0.3) is 0 Å². The number of rotatable bonds is 8. The predicted octanol–water partition coefficient (Wildman–Crippen LogP) is 5.79. The van der Waals surface area contributed by atoms with E-state index in [1.165, 1.54) is 10.6 Å². The van der Waals surface area contributed by atoms with E-state index in [4.69, 9.17) is 46.4 Å². The number of benzene rings is 2. The number of carbonyl (C=O) groups excluding carboxylic acids is 1. The molecule has 2 atom stereocenters. The molecular weight excluding hydrogens is 564 g/mol. The Morgan fingerprint density at radius 1 is 0.972 bits per heavy atom. The van der Waals surface area contributed by atoms with E-state index in [-0.39, 0.29) is 11.9 Å². The second-order valence-electron chi connectivity index (χ2n) is 9.44. The van der Waals surface area contributed by atoms with Gasteiger partial charge in [0.2, 0.25) is 15.9 Å². The zero-order valence-corrected chi connectivity index (χ0v) is 24.4. The maximum atomic E-state index is 13.8. The normalized spacial score (nSPS) is 18.3. The third kappa shape index (κ3) is 7.28. The summed E-state index contributed by atoms with van der Waals surface area (Å²) in [5, 5.41) is 4.79. The smallest absolute Gasteiger partial charge is 0.230 e. The van der Waals surface area contributed by atoms with Crippen LogP contribution in [0.5, 0.6) is 0 Å². The van der Waals surface area contributed by atoms with Gasteiger partial charge < -0.3 is 10.2 Å². The van der Waals surface area contributed by atoms with E-state index in [0.717, 1.165) is 24.1 Å². The van der Waals surface area contributed by atoms with Gasteiger partial charge in [-0.3, -0.25) is 4.79 Å². The molecule has 36 heavy (non-hydrogen) atoms. The number of sulfonamides is 1. The monoisotopic (exact) mass is 593 g/mol. The van der Waals surface area contributed by atoms with Crippen molar-refractivity contribution in [2.45, 2.75) is 38.1 Å². The fraction of sp³-hybridized carbons (Fsp3) is 0.480. The van der Waals surface area contributed by atoms with E-state index in [0.29, 0.717) is 52.7 Å². The highest BCUT2D eigenvalue weighted by Gasteiger charge is 2.37. The minimum Gasteiger partial charge on any atom is -0.349 e. The van der Waals surface area contributed by atoms with Gasteiger partial charge in [-0.2, -0.15) is 0 Å². The van der Waals surface area contributed by atoms with Crippen LogP contribution in [-0.2, 0) is 20.2 Å². The molecule has 198 valence electrons. The molecule has 0 saturated carbocycles. The highest BCUT2D eigenvalue weighted by Crippen LogP contribution is 2.34. The van der Waals surface area contributed by atoms with Crippen molar-refractivity contribution in [3.63, 3.8) is 0 Å². The molecule has 0 aromatic heterocycles. The summed E-state index contributed by atoms with van der Waals surface area (Å²) in [5.74, 6) is -0.160. The molecule has 1 amide bonds. The van der Waals surface area contributed by atoms with Gasteiger partial charge in [0.15, 0.2) is 0 Å². The lowest BCUT2D eigenvalue weighted by Crippen LogP contribution is -2.45. The fourth-order valence-corrected chi connectivity index (χ4v) is 5.81. The molecule has 2 unspecified atom stereocenters. The second kappa shape index (κ2) is 12.2. The van der Waals surface area contributed by atoms with Crippen LogP contribution in [0.1, 0.15) is 43.9 Å². The van der Waals surface area contributed by atoms with Crippen molar-refractivity contribution >= 4 is 62.3 Å². The Hall–Kier alpha value is -1.06. The van der Waals surface area contributed by atoms with Crippen molar-refractivity contribution in [2.24, 2.45) is 0 Å². The quantitative estimate of drug-likeness (QED) is 0.420. The number of hydrogen-bond donors (Lipinski definition) is 1. The SMILES string of the molecule is CC(NC(=O)C(C)(CCN1CCCN(S(C)(=O)=O)CC1)c1ccc(Cl)c(Cl)c1)c1ccc(Cl)c(Cl)c1. The zero-order chi connectivity index (χ0) is 26.7. The number of hydrogen-bond acceptors (Lipinski definition) is 4. The van der Waals surface area contributed by atoms with Gasteiger partial charge in [-0.05, 0) is 75.2 Å². The van der Waals surface area contributed by atoms with Crippen LogP contribution in [0.25, 0.3) is 0 Å². The van der Waals surface area contributed by atoms with E-state index in [1.807, 2.05) is 26.0 Å². The first-order chi connectivity index (χ1) is 16.8. The minimum absolute atomic E-state index is 0.160. The summed E-state index contributed by atoms with van der Waals surface area (Å²) >= 11 is 24.7. The topological polar surface area (TPSA) is 69.7 Å². The Bertz CT molecular complexity index is 1210. The molecule has 0 aliphatic carbocycles. The van der Waals surface area contributed by atoms with Crippen LogP contribution in [0.15, 0.2) is 36.4 Å². The van der Waals surface area contributed by atoms with E-state index in [9.17, 15) is 13.2 Å². The molecule has 11 heteroatoms. The summed E-state index contributed by atoms with van der Waals surface area (Å²) in [6, 6.07) is 10.2. The number of amides is 1. The lowest BCUT2D eigenvalue weighted by molar-refractivity contribution is -0.127. The fourth-order valence-electron chi connectivity index (χ4n) is 4.33. The number of nitrogens with one attached hydrogen (secondary N) is 1. The van der Waals surface area contributed by atoms with Gasteiger partial charge in [-0.15, -0.1) is 0 Å². The van der Waals surface area contributed by atoms with Crippen LogP contribution in [0.2, 0.25) is 20.1 Å². The van der Waals surface area contributed by atoms with Crippen molar-refractivity contribution in [1.82, 2.24) is 14.5 Å². The van der Waals surface area contributed by atoms with E-state index in [2.05, 4.69) is 10.2 Å². The van der Waals surface area contributed by atoms with Gasteiger partial charge in [0.05, 0.1) is 37.8 Å². The zero-order valence-electron chi connectivity index (χ0n) is 20.5. The van der Waals surface area contributed by atoms with Crippen molar-refractivity contribution in [3.05, 3.63) is 67.6 Å². The standard InChI is InChI=1S/C25H31Cl4N3O3S/c1-17(18-5-7-20(26)22(28)15-18)30-24(33)25(2,19-6-8-21(27)23(29)16-19)9-12-31-10-4-11-32(14-13-31)36(3,34)35/h5-8,15-17H,4,9-14H2,1-3H3,(H,30,33). The van der Waals surface area contributed by atoms with Crippen LogP contribution in [-0.4, -0.2) is 62.5 Å². The molecule has 1 aliphatic heterocycles. The van der Waals surface area contributed by atoms with Gasteiger partial charge in [0, 0.05) is 19.6 Å². The molecular formula is C25H31Cl4N3O3S. The Kier molecular flexibility index (Phi) is 10.00. The molecule has 1 heterocycles. The minimum atomic E-state index is -3.23. The molecule has 2 aromatic rings. The average Bonchev–Trinajstić information content (AvgIpc) is 3.07. The molecule has 0 radical (unpaired) electrons. The molecule has 0 spiro atoms. The van der Waals surface area contributed by atoms with E-state index < -0.39 is 15.4 Å². The maximum Gasteiger partial charge on any atom is 0.230 e. The third-order valence-electron chi connectivity index (χ3n) is 6.79. The van der Waals surface area contributed by atoms with Gasteiger partial charge >= 0.3 is 0 Å². The van der Waals surface area contributed by atoms with Gasteiger partial charge in [-0.25, -0.2) is 12.7 Å². The molecule has 6 nitrogen and oxygen atoms in total. The van der Waals surface area contributed by atoms with Crippen molar-refractivity contribution in [2.75, 3.05) is 39.0 Å². The number of carbonyl (C=O) groups is 1. The van der Waals surface area contributed by atoms with Crippen LogP contribution in [0.4, 0.5) is 0 Å². The molecule has 1 fully saturated rings. The lowest BCUT2D eigenvalue weighted by atomic mass is 9.78. The van der Waals surface area contributed by atoms with Crippen molar-refractivity contribution in [3.8, 4) is 0 Å². The first-order valence-corrected chi connectivity index (χ1v) is 15.1. The van der Waals surface area contributed by atoms with E-state index >= 15 is 0 Å². The molecule has 0 bridgehead atoms. The third-order valence-corrected chi connectivity index (χ3v) is 9.57. The van der Waals surface area contributed by atoms with Crippen LogP contribution < -0.4 is 5.32 Å². The number of nitrogens with zero attached hydrogens (tertiary/aromatic N) is 2. The van der Waals surface area contributed by atoms with Crippen LogP contribution >= 0.6 is 46.4 Å². The van der Waals surface area contributed by atoms with Gasteiger partial charge in [-0.1, -0.05) is 58.5 Å². The first-order valence-electron chi connectivity index (χ1n) is 11.7. The molecule has 1 saturated heterocycles. The number of halogens is 4. The second-order valence-corrected chi connectivity index (χ2v) is 13.0. The molecule has 3 rings (SSSR count). The maximum absolute atomic E-state index is 13.8. The summed E-state index contributed by atoms with van der Waals surface area (Å²) in [6.45, 7) is 6.69. The molecule has 2 aromatic carbocycles.